The summed E-state index contributed by atoms with van der Waals surface area (Å²) in [6, 6.07) is 2.87. The molecule has 0 N–H and O–H groups in total. The molecule has 0 fully saturated rings. The zero-order chi connectivity index (χ0) is 18.6. The number of nitrogens with zero attached hydrogens (tertiary/aromatic N) is 3. The maximum Gasteiger partial charge on any atom is 0.289 e. The lowest BCUT2D eigenvalue weighted by atomic mass is 10.6. The zero-order valence-corrected chi connectivity index (χ0v) is 20.4. The highest BCUT2D eigenvalue weighted by molar-refractivity contribution is 6.71. The molecule has 24 heavy (non-hydrogen) atoms. The van der Waals surface area contributed by atoms with E-state index in [0.717, 1.165) is 0 Å². The summed E-state index contributed by atoms with van der Waals surface area (Å²) in [5, 5.41) is 1.68. The maximum absolute atomic E-state index is 2.84. The number of rotatable bonds is 14. The Hall–Kier alpha value is 0.0538. The molecule has 0 bridgehead atoms. The Bertz CT molecular complexity index is 304. The quantitative estimate of drug-likeness (QED) is 0.339. The molecule has 5 heteroatoms. The average Bonchev–Trinajstić information content (AvgIpc) is 2.61. The van der Waals surface area contributed by atoms with Gasteiger partial charge in [-0.1, -0.05) is 65.3 Å². The van der Waals surface area contributed by atoms with Crippen molar-refractivity contribution in [3.05, 3.63) is 11.3 Å². The lowest BCUT2D eigenvalue weighted by Gasteiger charge is -2.53. The van der Waals surface area contributed by atoms with Gasteiger partial charge in [0.1, 0.15) is 0 Å². The van der Waals surface area contributed by atoms with Crippen molar-refractivity contribution in [3.63, 3.8) is 0 Å². The summed E-state index contributed by atoms with van der Waals surface area (Å²) >= 11 is 0. The SMILES string of the molecule is CC=C(C)[SiH2]CCC[Si](N(CC)CC)(N(CC)CC)N(CC)CC. The van der Waals surface area contributed by atoms with Gasteiger partial charge in [-0.15, -0.1) is 0 Å². The lowest BCUT2D eigenvalue weighted by Crippen LogP contribution is -2.75. The first kappa shape index (κ1) is 24.1. The van der Waals surface area contributed by atoms with Crippen LogP contribution in [0.2, 0.25) is 12.1 Å². The monoisotopic (exact) mass is 371 g/mol. The van der Waals surface area contributed by atoms with Crippen molar-refractivity contribution in [1.29, 1.82) is 0 Å². The summed E-state index contributed by atoms with van der Waals surface area (Å²) < 4.78 is 8.53. The third kappa shape index (κ3) is 6.09. The van der Waals surface area contributed by atoms with E-state index in [1.807, 2.05) is 0 Å². The highest BCUT2D eigenvalue weighted by atomic mass is 28.4. The molecule has 0 heterocycles. The van der Waals surface area contributed by atoms with Crippen LogP contribution in [0.4, 0.5) is 0 Å². The van der Waals surface area contributed by atoms with Gasteiger partial charge in [0, 0.05) is 9.52 Å². The fourth-order valence-corrected chi connectivity index (χ4v) is 11.9. The third-order valence-electron chi connectivity index (χ3n) is 5.64. The molecule has 0 aromatic rings. The summed E-state index contributed by atoms with van der Waals surface area (Å²) in [7, 11) is -1.78. The molecule has 0 rings (SSSR count). The van der Waals surface area contributed by atoms with Gasteiger partial charge in [0.05, 0.1) is 0 Å². The molecule has 0 amide bonds. The molecule has 0 aromatic carbocycles. The van der Waals surface area contributed by atoms with E-state index in [9.17, 15) is 0 Å². The molecule has 0 spiro atoms. The first-order chi connectivity index (χ1) is 11.5. The van der Waals surface area contributed by atoms with Gasteiger partial charge in [0.15, 0.2) is 0 Å². The van der Waals surface area contributed by atoms with Crippen LogP contribution in [0.15, 0.2) is 11.3 Å². The summed E-state index contributed by atoms with van der Waals surface area (Å²) in [6.07, 6.45) is 3.74. The highest BCUT2D eigenvalue weighted by Crippen LogP contribution is 2.27. The first-order valence-electron chi connectivity index (χ1n) is 10.4. The number of allylic oxidation sites excluding steroid dienone is 2. The molecule has 0 aliphatic heterocycles. The van der Waals surface area contributed by atoms with Gasteiger partial charge in [-0.05, 0) is 59.2 Å². The standard InChI is InChI=1S/C19H45N3Si2/c1-9-19(8)23-17-16-18-24(20(10-2)11-3,21(12-4)13-5)22(14-6)15-7/h9H,10-18,23H2,1-8H3. The van der Waals surface area contributed by atoms with Gasteiger partial charge in [-0.2, -0.15) is 0 Å². The van der Waals surface area contributed by atoms with E-state index in [0.29, 0.717) is 0 Å². The number of hydrogen-bond acceptors (Lipinski definition) is 3. The minimum absolute atomic E-state index is 0.0169. The largest absolute Gasteiger partial charge is 0.300 e. The fraction of sp³-hybridized carbons (Fsp3) is 0.895. The van der Waals surface area contributed by atoms with Crippen molar-refractivity contribution < 1.29 is 0 Å². The molecule has 0 atom stereocenters. The van der Waals surface area contributed by atoms with Crippen LogP contribution >= 0.6 is 0 Å². The van der Waals surface area contributed by atoms with Crippen LogP contribution in [0.1, 0.15) is 61.8 Å². The molecule has 0 aromatic heterocycles. The Kier molecular flexibility index (Phi) is 13.3. The van der Waals surface area contributed by atoms with Gasteiger partial charge < -0.3 is 0 Å². The fourth-order valence-electron chi connectivity index (χ4n) is 4.17. The Labute approximate surface area is 156 Å². The maximum atomic E-state index is 2.84. The normalized spacial score (nSPS) is 14.0. The van der Waals surface area contributed by atoms with Crippen molar-refractivity contribution >= 4 is 18.1 Å². The van der Waals surface area contributed by atoms with E-state index < -0.39 is 8.56 Å². The van der Waals surface area contributed by atoms with Crippen molar-refractivity contribution in [2.45, 2.75) is 73.9 Å². The van der Waals surface area contributed by atoms with Gasteiger partial charge in [0.25, 0.3) is 8.56 Å². The molecule has 0 unspecified atom stereocenters. The minimum Gasteiger partial charge on any atom is -0.300 e. The van der Waals surface area contributed by atoms with E-state index in [1.165, 1.54) is 57.8 Å². The van der Waals surface area contributed by atoms with E-state index in [4.69, 9.17) is 0 Å². The second-order valence-corrected chi connectivity index (χ2v) is 12.9. The Morgan fingerprint density at radius 2 is 1.17 bits per heavy atom. The third-order valence-corrected chi connectivity index (χ3v) is 13.6. The second kappa shape index (κ2) is 13.3. The van der Waals surface area contributed by atoms with Crippen LogP contribution in [0.3, 0.4) is 0 Å². The summed E-state index contributed by atoms with van der Waals surface area (Å²) in [5.41, 5.74) is 0. The van der Waals surface area contributed by atoms with Crippen molar-refractivity contribution in [2.24, 2.45) is 0 Å². The van der Waals surface area contributed by atoms with Gasteiger partial charge in [-0.25, -0.2) is 0 Å². The topological polar surface area (TPSA) is 9.72 Å². The predicted molar refractivity (Wildman–Crippen MR) is 117 cm³/mol. The molecule has 144 valence electrons. The van der Waals surface area contributed by atoms with Gasteiger partial charge >= 0.3 is 0 Å². The molecular formula is C19H45N3Si2. The Morgan fingerprint density at radius 1 is 0.792 bits per heavy atom. The van der Waals surface area contributed by atoms with Crippen LogP contribution in [0, 0.1) is 0 Å². The predicted octanol–water partition coefficient (Wildman–Crippen LogP) is 3.85. The van der Waals surface area contributed by atoms with Crippen LogP contribution in [0.25, 0.3) is 0 Å². The van der Waals surface area contributed by atoms with E-state index >= 15 is 0 Å². The molecule has 0 aliphatic carbocycles. The van der Waals surface area contributed by atoms with Crippen LogP contribution < -0.4 is 0 Å². The van der Waals surface area contributed by atoms with E-state index in [2.05, 4.69) is 75.2 Å². The lowest BCUT2D eigenvalue weighted by molar-refractivity contribution is 0.260. The smallest absolute Gasteiger partial charge is 0.289 e. The van der Waals surface area contributed by atoms with Crippen LogP contribution in [-0.4, -0.2) is 71.0 Å². The minimum atomic E-state index is -1.76. The molecule has 3 nitrogen and oxygen atoms in total. The summed E-state index contributed by atoms with van der Waals surface area (Å²) in [5.74, 6) is 0. The zero-order valence-electron chi connectivity index (χ0n) is 18.0. The second-order valence-electron chi connectivity index (χ2n) is 6.63. The van der Waals surface area contributed by atoms with E-state index in [1.54, 1.807) is 5.20 Å². The van der Waals surface area contributed by atoms with Crippen molar-refractivity contribution in [1.82, 2.24) is 13.7 Å². The Morgan fingerprint density at radius 3 is 1.46 bits per heavy atom. The van der Waals surface area contributed by atoms with Gasteiger partial charge in [-0.3, -0.25) is 13.7 Å². The highest BCUT2D eigenvalue weighted by Gasteiger charge is 2.47. The van der Waals surface area contributed by atoms with Crippen LogP contribution in [0.5, 0.6) is 0 Å². The molecular weight excluding hydrogens is 326 g/mol. The van der Waals surface area contributed by atoms with E-state index in [-0.39, 0.29) is 9.52 Å². The van der Waals surface area contributed by atoms with Gasteiger partial charge in [0.2, 0.25) is 0 Å². The molecule has 0 saturated heterocycles. The first-order valence-corrected chi connectivity index (χ1v) is 14.1. The molecule has 0 saturated carbocycles. The summed E-state index contributed by atoms with van der Waals surface area (Å²) in [6.45, 7) is 25.8. The van der Waals surface area contributed by atoms with Crippen molar-refractivity contribution in [2.75, 3.05) is 39.3 Å². The number of hydrogen-bond donors (Lipinski definition) is 0. The Balaban J connectivity index is 5.54. The molecule has 0 aliphatic rings. The summed E-state index contributed by atoms with van der Waals surface area (Å²) in [4.78, 5) is 0. The van der Waals surface area contributed by atoms with Crippen LogP contribution in [-0.2, 0) is 0 Å². The van der Waals surface area contributed by atoms with Crippen molar-refractivity contribution in [3.8, 4) is 0 Å². The molecule has 0 radical (unpaired) electrons. The average molecular weight is 372 g/mol.